The Morgan fingerprint density at radius 3 is 2.81 bits per heavy atom. The minimum absolute atomic E-state index is 0.112. The number of phenols is 1. The van der Waals surface area contributed by atoms with Gasteiger partial charge in [0.05, 0.1) is 12.7 Å². The molecule has 1 fully saturated rings. The number of amides is 2. The number of nitrogens with zero attached hydrogens (tertiary/aromatic N) is 1. The van der Waals surface area contributed by atoms with Gasteiger partial charge in [0, 0.05) is 25.2 Å². The largest absolute Gasteiger partial charge is 0.508 e. The summed E-state index contributed by atoms with van der Waals surface area (Å²) in [7, 11) is 0. The number of hydrogen-bond acceptors (Lipinski definition) is 4. The van der Waals surface area contributed by atoms with Gasteiger partial charge in [-0.25, -0.2) is 0 Å². The van der Waals surface area contributed by atoms with Gasteiger partial charge in [-0.1, -0.05) is 6.58 Å². The number of hydrogen-bond donors (Lipinski definition) is 2. The molecule has 21 heavy (non-hydrogen) atoms. The van der Waals surface area contributed by atoms with E-state index in [0.717, 1.165) is 0 Å². The van der Waals surface area contributed by atoms with E-state index in [1.807, 2.05) is 0 Å². The summed E-state index contributed by atoms with van der Waals surface area (Å²) in [6.07, 6.45) is 1.04. The van der Waals surface area contributed by atoms with Crippen molar-refractivity contribution in [2.45, 2.75) is 6.10 Å². The summed E-state index contributed by atoms with van der Waals surface area (Å²) < 4.78 is 5.53. The highest BCUT2D eigenvalue weighted by molar-refractivity contribution is 5.94. The summed E-state index contributed by atoms with van der Waals surface area (Å²) >= 11 is 0. The van der Waals surface area contributed by atoms with Gasteiger partial charge < -0.3 is 20.1 Å². The number of morpholine rings is 1. The first-order valence-corrected chi connectivity index (χ1v) is 6.70. The topological polar surface area (TPSA) is 78.9 Å². The molecule has 0 bridgehead atoms. The molecule has 112 valence electrons. The van der Waals surface area contributed by atoms with Crippen LogP contribution in [0.3, 0.4) is 0 Å². The number of aromatic hydroxyl groups is 1. The number of benzene rings is 1. The molecule has 1 saturated heterocycles. The minimum atomic E-state index is -0.245. The van der Waals surface area contributed by atoms with E-state index in [1.54, 1.807) is 17.0 Å². The second-order valence-electron chi connectivity index (χ2n) is 4.74. The molecule has 0 aromatic heterocycles. The Balaban J connectivity index is 1.84. The Bertz CT molecular complexity index is 527. The molecule has 2 amide bonds. The summed E-state index contributed by atoms with van der Waals surface area (Å²) in [4.78, 5) is 25.1. The van der Waals surface area contributed by atoms with E-state index in [1.165, 1.54) is 18.2 Å². The van der Waals surface area contributed by atoms with Gasteiger partial charge in [0.2, 0.25) is 5.91 Å². The second kappa shape index (κ2) is 6.90. The van der Waals surface area contributed by atoms with Gasteiger partial charge in [-0.3, -0.25) is 9.59 Å². The first-order valence-electron chi connectivity index (χ1n) is 6.70. The molecule has 2 rings (SSSR count). The monoisotopic (exact) mass is 290 g/mol. The van der Waals surface area contributed by atoms with Crippen LogP contribution in [0.15, 0.2) is 36.9 Å². The zero-order valence-electron chi connectivity index (χ0n) is 11.6. The average Bonchev–Trinajstić information content (AvgIpc) is 2.52. The molecule has 1 aromatic rings. The maximum absolute atomic E-state index is 11.9. The Hall–Kier alpha value is -2.34. The van der Waals surface area contributed by atoms with Crippen LogP contribution in [-0.4, -0.2) is 54.2 Å². The third kappa shape index (κ3) is 4.06. The van der Waals surface area contributed by atoms with Gasteiger partial charge >= 0.3 is 0 Å². The van der Waals surface area contributed by atoms with Crippen molar-refractivity contribution in [2.75, 3.05) is 26.2 Å². The van der Waals surface area contributed by atoms with Crippen molar-refractivity contribution >= 4 is 11.8 Å². The van der Waals surface area contributed by atoms with Crippen molar-refractivity contribution in [2.24, 2.45) is 0 Å². The quantitative estimate of drug-likeness (QED) is 0.793. The van der Waals surface area contributed by atoms with E-state index in [-0.39, 0.29) is 23.7 Å². The summed E-state index contributed by atoms with van der Waals surface area (Å²) in [5.41, 5.74) is 0.461. The van der Waals surface area contributed by atoms with Crippen molar-refractivity contribution < 1.29 is 19.4 Å². The highest BCUT2D eigenvalue weighted by Crippen LogP contribution is 2.10. The summed E-state index contributed by atoms with van der Waals surface area (Å²) in [5.74, 6) is -0.264. The van der Waals surface area contributed by atoms with Crippen LogP contribution in [0.25, 0.3) is 0 Å². The lowest BCUT2D eigenvalue weighted by Gasteiger charge is -2.32. The van der Waals surface area contributed by atoms with E-state index in [4.69, 9.17) is 4.74 Å². The molecule has 1 aliphatic rings. The Morgan fingerprint density at radius 2 is 2.14 bits per heavy atom. The first kappa shape index (κ1) is 15.1. The highest BCUT2D eigenvalue weighted by Gasteiger charge is 2.23. The lowest BCUT2D eigenvalue weighted by molar-refractivity contribution is -0.133. The standard InChI is InChI=1S/C15H18N2O4/c1-2-14(19)17-7-8-21-13(10-17)9-16-15(20)11-3-5-12(18)6-4-11/h2-6,13,18H,1,7-10H2,(H,16,20). The first-order chi connectivity index (χ1) is 10.1. The SMILES string of the molecule is C=CC(=O)N1CCOC(CNC(=O)c2ccc(O)cc2)C1. The van der Waals surface area contributed by atoms with Crippen LogP contribution < -0.4 is 5.32 Å². The highest BCUT2D eigenvalue weighted by atomic mass is 16.5. The van der Waals surface area contributed by atoms with E-state index in [9.17, 15) is 14.7 Å². The van der Waals surface area contributed by atoms with Gasteiger partial charge in [-0.15, -0.1) is 0 Å². The minimum Gasteiger partial charge on any atom is -0.508 e. The number of rotatable bonds is 4. The fourth-order valence-corrected chi connectivity index (χ4v) is 2.09. The fourth-order valence-electron chi connectivity index (χ4n) is 2.09. The molecule has 1 aliphatic heterocycles. The fraction of sp³-hybridized carbons (Fsp3) is 0.333. The van der Waals surface area contributed by atoms with Crippen molar-refractivity contribution in [3.8, 4) is 5.75 Å². The lowest BCUT2D eigenvalue weighted by atomic mass is 10.2. The predicted molar refractivity (Wildman–Crippen MR) is 77.0 cm³/mol. The molecular formula is C15H18N2O4. The third-order valence-corrected chi connectivity index (χ3v) is 3.24. The molecule has 0 spiro atoms. The molecule has 2 N–H and O–H groups in total. The summed E-state index contributed by atoms with van der Waals surface area (Å²) in [6, 6.07) is 5.99. The smallest absolute Gasteiger partial charge is 0.251 e. The van der Waals surface area contributed by atoms with Crippen molar-refractivity contribution in [3.63, 3.8) is 0 Å². The lowest BCUT2D eigenvalue weighted by Crippen LogP contribution is -2.49. The van der Waals surface area contributed by atoms with Crippen LogP contribution in [0.1, 0.15) is 10.4 Å². The van der Waals surface area contributed by atoms with Crippen molar-refractivity contribution in [3.05, 3.63) is 42.5 Å². The normalized spacial score (nSPS) is 18.1. The van der Waals surface area contributed by atoms with Gasteiger partial charge in [-0.05, 0) is 30.3 Å². The second-order valence-corrected chi connectivity index (χ2v) is 4.74. The Morgan fingerprint density at radius 1 is 1.43 bits per heavy atom. The zero-order chi connectivity index (χ0) is 15.2. The van der Waals surface area contributed by atoms with Crippen LogP contribution in [0.4, 0.5) is 0 Å². The molecule has 6 nitrogen and oxygen atoms in total. The van der Waals surface area contributed by atoms with E-state index in [0.29, 0.717) is 31.8 Å². The number of carbonyl (C=O) groups is 2. The van der Waals surface area contributed by atoms with E-state index < -0.39 is 0 Å². The molecular weight excluding hydrogens is 272 g/mol. The van der Waals surface area contributed by atoms with Crippen molar-refractivity contribution in [1.29, 1.82) is 0 Å². The van der Waals surface area contributed by atoms with Gasteiger partial charge in [-0.2, -0.15) is 0 Å². The van der Waals surface area contributed by atoms with E-state index in [2.05, 4.69) is 11.9 Å². The molecule has 1 unspecified atom stereocenters. The molecule has 1 heterocycles. The molecule has 1 aromatic carbocycles. The van der Waals surface area contributed by atoms with Crippen LogP contribution >= 0.6 is 0 Å². The van der Waals surface area contributed by atoms with Crippen LogP contribution in [-0.2, 0) is 9.53 Å². The number of nitrogens with one attached hydrogen (secondary N) is 1. The maximum atomic E-state index is 11.9. The molecule has 0 saturated carbocycles. The number of carbonyl (C=O) groups excluding carboxylic acids is 2. The molecule has 0 aliphatic carbocycles. The summed E-state index contributed by atoms with van der Waals surface area (Å²) in [6.45, 7) is 5.19. The van der Waals surface area contributed by atoms with Gasteiger partial charge in [0.1, 0.15) is 5.75 Å². The number of phenolic OH excluding ortho intramolecular Hbond substituents is 1. The molecule has 0 radical (unpaired) electrons. The average molecular weight is 290 g/mol. The molecule has 1 atom stereocenters. The number of ether oxygens (including phenoxy) is 1. The predicted octanol–water partition coefficient (Wildman–Crippen LogP) is 0.535. The maximum Gasteiger partial charge on any atom is 0.251 e. The Kier molecular flexibility index (Phi) is 4.94. The Labute approximate surface area is 123 Å². The molecule has 6 heteroatoms. The zero-order valence-corrected chi connectivity index (χ0v) is 11.6. The third-order valence-electron chi connectivity index (χ3n) is 3.24. The van der Waals surface area contributed by atoms with Crippen LogP contribution in [0.2, 0.25) is 0 Å². The van der Waals surface area contributed by atoms with Crippen LogP contribution in [0, 0.1) is 0 Å². The van der Waals surface area contributed by atoms with E-state index >= 15 is 0 Å². The summed E-state index contributed by atoms with van der Waals surface area (Å²) in [5, 5.41) is 11.9. The van der Waals surface area contributed by atoms with Crippen molar-refractivity contribution in [1.82, 2.24) is 10.2 Å². The van der Waals surface area contributed by atoms with Crippen LogP contribution in [0.5, 0.6) is 5.75 Å². The van der Waals surface area contributed by atoms with Gasteiger partial charge in [0.25, 0.3) is 5.91 Å². The van der Waals surface area contributed by atoms with Gasteiger partial charge in [0.15, 0.2) is 0 Å².